The molecule has 10 aromatic rings. The average molecular weight is 664 g/mol. The molecule has 0 amide bonds. The molecule has 0 saturated heterocycles. The summed E-state index contributed by atoms with van der Waals surface area (Å²) in [6.07, 6.45) is 0. The van der Waals surface area contributed by atoms with E-state index >= 15 is 0 Å². The molecule has 10 rings (SSSR count). The van der Waals surface area contributed by atoms with Crippen molar-refractivity contribution in [2.24, 2.45) is 0 Å². The minimum absolute atomic E-state index is 0.902. The first-order valence-corrected chi connectivity index (χ1v) is 17.8. The zero-order valence-electron chi connectivity index (χ0n) is 28.4. The van der Waals surface area contributed by atoms with Gasteiger partial charge in [-0.15, -0.1) is 0 Å². The molecule has 9 aromatic carbocycles. The van der Waals surface area contributed by atoms with Gasteiger partial charge in [-0.3, -0.25) is 0 Å². The minimum atomic E-state index is 0.902. The summed E-state index contributed by atoms with van der Waals surface area (Å²) in [5, 5.41) is 7.10. The summed E-state index contributed by atoms with van der Waals surface area (Å²) >= 11 is 0. The van der Waals surface area contributed by atoms with Crippen LogP contribution in [0.3, 0.4) is 0 Å². The highest BCUT2D eigenvalue weighted by Crippen LogP contribution is 2.42. The monoisotopic (exact) mass is 663 g/mol. The molecule has 0 saturated carbocycles. The number of anilines is 3. The van der Waals surface area contributed by atoms with Crippen LogP contribution in [0, 0.1) is 0 Å². The largest absolute Gasteiger partial charge is 0.455 e. The molecule has 2 nitrogen and oxygen atoms in total. The summed E-state index contributed by atoms with van der Waals surface area (Å²) in [5.74, 6) is 0. The molecule has 0 fully saturated rings. The first-order chi connectivity index (χ1) is 25.8. The van der Waals surface area contributed by atoms with Crippen LogP contribution in [0.15, 0.2) is 205 Å². The van der Waals surface area contributed by atoms with Gasteiger partial charge < -0.3 is 9.32 Å². The number of nitrogens with zero attached hydrogens (tertiary/aromatic N) is 1. The van der Waals surface area contributed by atoms with E-state index in [1.807, 2.05) is 0 Å². The van der Waals surface area contributed by atoms with Gasteiger partial charge in [0.05, 0.1) is 0 Å². The highest BCUT2D eigenvalue weighted by molar-refractivity contribution is 6.19. The number of hydrogen-bond donors (Lipinski definition) is 0. The Kier molecular flexibility index (Phi) is 7.18. The van der Waals surface area contributed by atoms with Crippen molar-refractivity contribution in [3.63, 3.8) is 0 Å². The molecular formula is C50H33NO. The van der Waals surface area contributed by atoms with Gasteiger partial charge in [0.15, 0.2) is 0 Å². The van der Waals surface area contributed by atoms with E-state index < -0.39 is 0 Å². The Morgan fingerprint density at radius 2 is 0.865 bits per heavy atom. The lowest BCUT2D eigenvalue weighted by Crippen LogP contribution is -2.09. The van der Waals surface area contributed by atoms with Crippen molar-refractivity contribution in [1.82, 2.24) is 0 Å². The maximum atomic E-state index is 6.50. The Balaban J connectivity index is 1.05. The fourth-order valence-electron chi connectivity index (χ4n) is 7.64. The van der Waals surface area contributed by atoms with E-state index in [0.717, 1.165) is 55.5 Å². The van der Waals surface area contributed by atoms with Crippen molar-refractivity contribution < 1.29 is 4.42 Å². The maximum Gasteiger partial charge on any atom is 0.143 e. The van der Waals surface area contributed by atoms with Gasteiger partial charge in [0, 0.05) is 33.2 Å². The molecule has 0 aliphatic carbocycles. The van der Waals surface area contributed by atoms with E-state index in [2.05, 4.69) is 205 Å². The summed E-state index contributed by atoms with van der Waals surface area (Å²) in [4.78, 5) is 2.34. The molecule has 1 heterocycles. The molecule has 244 valence electrons. The normalized spacial score (nSPS) is 11.5. The third kappa shape index (κ3) is 5.21. The van der Waals surface area contributed by atoms with Gasteiger partial charge in [-0.2, -0.15) is 0 Å². The van der Waals surface area contributed by atoms with Gasteiger partial charge in [0.25, 0.3) is 0 Å². The molecule has 2 heteroatoms. The fourth-order valence-corrected chi connectivity index (χ4v) is 7.64. The van der Waals surface area contributed by atoms with E-state index in [9.17, 15) is 0 Å². The minimum Gasteiger partial charge on any atom is -0.455 e. The summed E-state index contributed by atoms with van der Waals surface area (Å²) in [6.45, 7) is 0. The number of hydrogen-bond acceptors (Lipinski definition) is 2. The number of benzene rings is 9. The predicted molar refractivity (Wildman–Crippen MR) is 220 cm³/mol. The lowest BCUT2D eigenvalue weighted by Gasteiger charge is -2.26. The van der Waals surface area contributed by atoms with Gasteiger partial charge in [-0.25, -0.2) is 0 Å². The smallest absolute Gasteiger partial charge is 0.143 e. The zero-order valence-corrected chi connectivity index (χ0v) is 28.4. The number of fused-ring (bicyclic) bond motifs is 6. The Morgan fingerprint density at radius 1 is 0.327 bits per heavy atom. The second kappa shape index (κ2) is 12.5. The topological polar surface area (TPSA) is 16.4 Å². The third-order valence-electron chi connectivity index (χ3n) is 10.3. The highest BCUT2D eigenvalue weighted by Gasteiger charge is 2.17. The molecule has 0 aliphatic heterocycles. The molecule has 0 bridgehead atoms. The Labute approximate surface area is 302 Å². The SMILES string of the molecule is c1ccc(-c2ccc(N(c3ccc(-c4ccc5ccccc5c4)cc3)c3ccc(-c4cccc5oc6c7ccccc7ccc6c45)cc3)cc2)cc1. The standard InChI is InChI=1S/C50H33NO/c1-2-9-34(10-3-1)36-19-26-42(27-20-36)51(43-28-21-37(22-29-43)41-18-17-35-11-4-5-13-40(35)33-41)44-30-23-39(24-31-44)45-15-8-16-48-49(45)47-32-25-38-12-6-7-14-46(38)50(47)52-48/h1-33H. The van der Waals surface area contributed by atoms with Gasteiger partial charge in [-0.05, 0) is 104 Å². The second-order valence-corrected chi connectivity index (χ2v) is 13.3. The Morgan fingerprint density at radius 3 is 1.58 bits per heavy atom. The average Bonchev–Trinajstić information content (AvgIpc) is 3.62. The molecule has 52 heavy (non-hydrogen) atoms. The Bertz CT molecular complexity index is 2870. The van der Waals surface area contributed by atoms with Crippen molar-refractivity contribution in [3.05, 3.63) is 200 Å². The first kappa shape index (κ1) is 30.0. The Hall–Kier alpha value is -6.90. The fraction of sp³-hybridized carbons (Fsp3) is 0. The van der Waals surface area contributed by atoms with Gasteiger partial charge >= 0.3 is 0 Å². The second-order valence-electron chi connectivity index (χ2n) is 13.3. The first-order valence-electron chi connectivity index (χ1n) is 17.8. The summed E-state index contributed by atoms with van der Waals surface area (Å²) in [5.41, 5.74) is 12.2. The molecule has 0 aliphatic rings. The van der Waals surface area contributed by atoms with Crippen molar-refractivity contribution in [1.29, 1.82) is 0 Å². The van der Waals surface area contributed by atoms with Crippen LogP contribution >= 0.6 is 0 Å². The van der Waals surface area contributed by atoms with Crippen LogP contribution in [-0.2, 0) is 0 Å². The maximum absolute atomic E-state index is 6.50. The van der Waals surface area contributed by atoms with Crippen LogP contribution in [0.5, 0.6) is 0 Å². The van der Waals surface area contributed by atoms with Gasteiger partial charge in [0.1, 0.15) is 11.2 Å². The van der Waals surface area contributed by atoms with E-state index in [1.54, 1.807) is 0 Å². The molecular weight excluding hydrogens is 631 g/mol. The highest BCUT2D eigenvalue weighted by atomic mass is 16.3. The van der Waals surface area contributed by atoms with Crippen LogP contribution in [0.25, 0.3) is 76.9 Å². The molecule has 0 spiro atoms. The summed E-state index contributed by atoms with van der Waals surface area (Å²) < 4.78 is 6.50. The van der Waals surface area contributed by atoms with E-state index in [-0.39, 0.29) is 0 Å². The lowest BCUT2D eigenvalue weighted by atomic mass is 9.97. The molecule has 0 N–H and O–H groups in total. The third-order valence-corrected chi connectivity index (χ3v) is 10.3. The van der Waals surface area contributed by atoms with Crippen molar-refractivity contribution >= 4 is 60.5 Å². The van der Waals surface area contributed by atoms with Gasteiger partial charge in [0.2, 0.25) is 0 Å². The van der Waals surface area contributed by atoms with E-state index in [1.165, 1.54) is 38.4 Å². The lowest BCUT2D eigenvalue weighted by molar-refractivity contribution is 0.673. The van der Waals surface area contributed by atoms with Gasteiger partial charge in [-0.1, -0.05) is 146 Å². The van der Waals surface area contributed by atoms with Crippen molar-refractivity contribution in [2.75, 3.05) is 4.90 Å². The number of rotatable bonds is 6. The number of furan rings is 1. The molecule has 0 radical (unpaired) electrons. The van der Waals surface area contributed by atoms with E-state index in [4.69, 9.17) is 4.42 Å². The van der Waals surface area contributed by atoms with E-state index in [0.29, 0.717) is 0 Å². The van der Waals surface area contributed by atoms with Crippen molar-refractivity contribution in [2.45, 2.75) is 0 Å². The van der Waals surface area contributed by atoms with Crippen LogP contribution in [-0.4, -0.2) is 0 Å². The quantitative estimate of drug-likeness (QED) is 0.176. The zero-order chi connectivity index (χ0) is 34.4. The molecule has 0 unspecified atom stereocenters. The van der Waals surface area contributed by atoms with Crippen LogP contribution < -0.4 is 4.90 Å². The van der Waals surface area contributed by atoms with Crippen LogP contribution in [0.2, 0.25) is 0 Å². The predicted octanol–water partition coefficient (Wildman–Crippen LogP) is 14.4. The van der Waals surface area contributed by atoms with Crippen molar-refractivity contribution in [3.8, 4) is 33.4 Å². The molecule has 0 atom stereocenters. The summed E-state index contributed by atoms with van der Waals surface area (Å²) in [6, 6.07) is 71.7. The van der Waals surface area contributed by atoms with Crippen LogP contribution in [0.1, 0.15) is 0 Å². The molecule has 1 aromatic heterocycles. The van der Waals surface area contributed by atoms with Crippen LogP contribution in [0.4, 0.5) is 17.1 Å². The summed E-state index contributed by atoms with van der Waals surface area (Å²) in [7, 11) is 0.